The molecule has 0 unspecified atom stereocenters. The standard InChI is InChI=1S/C14H30N2/c1-4-9-16(12-14-6-7-14)10-5-8-15-11-13(2)3/h13-15H,4-12H2,1-3H3. The van der Waals surface area contributed by atoms with Crippen LogP contribution in [0.2, 0.25) is 0 Å². The van der Waals surface area contributed by atoms with Gasteiger partial charge in [0.15, 0.2) is 0 Å². The van der Waals surface area contributed by atoms with Crippen molar-refractivity contribution < 1.29 is 0 Å². The molecule has 0 amide bonds. The van der Waals surface area contributed by atoms with Crippen molar-refractivity contribution in [1.82, 2.24) is 10.2 Å². The Bertz CT molecular complexity index is 164. The first-order valence-electron chi connectivity index (χ1n) is 7.15. The van der Waals surface area contributed by atoms with Crippen LogP contribution >= 0.6 is 0 Å². The fraction of sp³-hybridized carbons (Fsp3) is 1.00. The topological polar surface area (TPSA) is 15.3 Å². The van der Waals surface area contributed by atoms with Crippen molar-refractivity contribution in [3.8, 4) is 0 Å². The number of nitrogens with one attached hydrogen (secondary N) is 1. The minimum atomic E-state index is 0.776. The smallest absolute Gasteiger partial charge is 0.000967 e. The van der Waals surface area contributed by atoms with Crippen LogP contribution in [-0.4, -0.2) is 37.6 Å². The highest BCUT2D eigenvalue weighted by Crippen LogP contribution is 2.29. The number of nitrogens with zero attached hydrogens (tertiary/aromatic N) is 1. The van der Waals surface area contributed by atoms with Crippen LogP contribution in [0.3, 0.4) is 0 Å². The highest BCUT2D eigenvalue weighted by molar-refractivity contribution is 4.77. The van der Waals surface area contributed by atoms with Crippen LogP contribution in [0.5, 0.6) is 0 Å². The van der Waals surface area contributed by atoms with Gasteiger partial charge in [0.05, 0.1) is 0 Å². The molecule has 96 valence electrons. The normalized spacial score (nSPS) is 16.3. The van der Waals surface area contributed by atoms with Gasteiger partial charge in [-0.25, -0.2) is 0 Å². The van der Waals surface area contributed by atoms with Gasteiger partial charge in [0.2, 0.25) is 0 Å². The Kier molecular flexibility index (Phi) is 7.06. The summed E-state index contributed by atoms with van der Waals surface area (Å²) in [7, 11) is 0. The van der Waals surface area contributed by atoms with E-state index in [4.69, 9.17) is 0 Å². The van der Waals surface area contributed by atoms with E-state index in [0.29, 0.717) is 0 Å². The predicted octanol–water partition coefficient (Wildman–Crippen LogP) is 2.74. The summed E-state index contributed by atoms with van der Waals surface area (Å²) in [6, 6.07) is 0. The Balaban J connectivity index is 1.97. The average Bonchev–Trinajstić information content (AvgIpc) is 3.01. The third kappa shape index (κ3) is 7.24. The van der Waals surface area contributed by atoms with E-state index >= 15 is 0 Å². The van der Waals surface area contributed by atoms with E-state index in [1.807, 2.05) is 0 Å². The van der Waals surface area contributed by atoms with Gasteiger partial charge in [0.1, 0.15) is 0 Å². The summed E-state index contributed by atoms with van der Waals surface area (Å²) in [5.41, 5.74) is 0. The number of rotatable bonds is 10. The third-order valence-corrected chi connectivity index (χ3v) is 3.13. The quantitative estimate of drug-likeness (QED) is 0.576. The minimum Gasteiger partial charge on any atom is -0.316 e. The first-order chi connectivity index (χ1) is 7.72. The second-order valence-electron chi connectivity index (χ2n) is 5.70. The van der Waals surface area contributed by atoms with Crippen molar-refractivity contribution in [3.63, 3.8) is 0 Å². The third-order valence-electron chi connectivity index (χ3n) is 3.13. The van der Waals surface area contributed by atoms with E-state index in [1.54, 1.807) is 0 Å². The first kappa shape index (κ1) is 14.0. The van der Waals surface area contributed by atoms with Crippen LogP contribution in [-0.2, 0) is 0 Å². The van der Waals surface area contributed by atoms with Gasteiger partial charge in [0, 0.05) is 6.54 Å². The van der Waals surface area contributed by atoms with Gasteiger partial charge in [0.25, 0.3) is 0 Å². The molecular weight excluding hydrogens is 196 g/mol. The summed E-state index contributed by atoms with van der Waals surface area (Å²) in [5.74, 6) is 1.81. The van der Waals surface area contributed by atoms with E-state index in [1.165, 1.54) is 51.9 Å². The Morgan fingerprint density at radius 3 is 2.56 bits per heavy atom. The summed E-state index contributed by atoms with van der Waals surface area (Å²) in [5, 5.41) is 3.52. The Morgan fingerprint density at radius 1 is 1.25 bits per heavy atom. The summed E-state index contributed by atoms with van der Waals surface area (Å²) >= 11 is 0. The first-order valence-corrected chi connectivity index (χ1v) is 7.15. The maximum atomic E-state index is 3.52. The Hall–Kier alpha value is -0.0800. The largest absolute Gasteiger partial charge is 0.316 e. The fourth-order valence-electron chi connectivity index (χ4n) is 2.09. The maximum Gasteiger partial charge on any atom is 0.000967 e. The molecule has 0 bridgehead atoms. The molecule has 0 aromatic heterocycles. The molecule has 2 heteroatoms. The molecule has 0 spiro atoms. The van der Waals surface area contributed by atoms with Crippen LogP contribution in [0.15, 0.2) is 0 Å². The molecule has 1 N–H and O–H groups in total. The highest BCUT2D eigenvalue weighted by atomic mass is 15.1. The molecule has 0 saturated heterocycles. The maximum absolute atomic E-state index is 3.52. The van der Waals surface area contributed by atoms with E-state index in [2.05, 4.69) is 31.0 Å². The second kappa shape index (κ2) is 8.08. The fourth-order valence-corrected chi connectivity index (χ4v) is 2.09. The lowest BCUT2D eigenvalue weighted by Gasteiger charge is -2.21. The lowest BCUT2D eigenvalue weighted by molar-refractivity contribution is 0.258. The van der Waals surface area contributed by atoms with Gasteiger partial charge in [-0.2, -0.15) is 0 Å². The molecule has 1 rings (SSSR count). The van der Waals surface area contributed by atoms with Crippen molar-refractivity contribution in [2.75, 3.05) is 32.7 Å². The monoisotopic (exact) mass is 226 g/mol. The molecule has 16 heavy (non-hydrogen) atoms. The molecule has 1 aliphatic rings. The molecule has 0 aliphatic heterocycles. The number of hydrogen-bond donors (Lipinski definition) is 1. The van der Waals surface area contributed by atoms with Crippen molar-refractivity contribution in [1.29, 1.82) is 0 Å². The molecule has 0 atom stereocenters. The summed E-state index contributed by atoms with van der Waals surface area (Å²) in [4.78, 5) is 2.66. The molecule has 1 aliphatic carbocycles. The van der Waals surface area contributed by atoms with Gasteiger partial charge < -0.3 is 10.2 Å². The molecule has 0 aromatic rings. The Morgan fingerprint density at radius 2 is 2.00 bits per heavy atom. The number of hydrogen-bond acceptors (Lipinski definition) is 2. The highest BCUT2D eigenvalue weighted by Gasteiger charge is 2.23. The van der Waals surface area contributed by atoms with Gasteiger partial charge in [-0.3, -0.25) is 0 Å². The van der Waals surface area contributed by atoms with Gasteiger partial charge in [-0.05, 0) is 63.7 Å². The van der Waals surface area contributed by atoms with Crippen LogP contribution in [0.1, 0.15) is 46.5 Å². The van der Waals surface area contributed by atoms with Gasteiger partial charge in [-0.1, -0.05) is 20.8 Å². The molecule has 1 saturated carbocycles. The average molecular weight is 226 g/mol. The molecular formula is C14H30N2. The zero-order chi connectivity index (χ0) is 11.8. The van der Waals surface area contributed by atoms with Crippen LogP contribution in [0, 0.1) is 11.8 Å². The summed E-state index contributed by atoms with van der Waals surface area (Å²) in [6.45, 7) is 13.1. The van der Waals surface area contributed by atoms with E-state index in [-0.39, 0.29) is 0 Å². The van der Waals surface area contributed by atoms with Gasteiger partial charge in [-0.15, -0.1) is 0 Å². The van der Waals surface area contributed by atoms with Crippen molar-refractivity contribution in [2.24, 2.45) is 11.8 Å². The van der Waals surface area contributed by atoms with E-state index < -0.39 is 0 Å². The molecule has 1 fully saturated rings. The predicted molar refractivity (Wildman–Crippen MR) is 71.8 cm³/mol. The molecule has 0 radical (unpaired) electrons. The summed E-state index contributed by atoms with van der Waals surface area (Å²) in [6.07, 6.45) is 5.56. The van der Waals surface area contributed by atoms with Crippen LogP contribution in [0.4, 0.5) is 0 Å². The molecule has 0 aromatic carbocycles. The van der Waals surface area contributed by atoms with Crippen molar-refractivity contribution >= 4 is 0 Å². The molecule has 2 nitrogen and oxygen atoms in total. The second-order valence-corrected chi connectivity index (χ2v) is 5.70. The molecule has 0 heterocycles. The minimum absolute atomic E-state index is 0.776. The summed E-state index contributed by atoms with van der Waals surface area (Å²) < 4.78 is 0. The SMILES string of the molecule is CCCN(CCCNCC(C)C)CC1CC1. The van der Waals surface area contributed by atoms with E-state index in [9.17, 15) is 0 Å². The lowest BCUT2D eigenvalue weighted by atomic mass is 10.2. The zero-order valence-electron chi connectivity index (χ0n) is 11.5. The van der Waals surface area contributed by atoms with Crippen molar-refractivity contribution in [3.05, 3.63) is 0 Å². The van der Waals surface area contributed by atoms with Crippen LogP contribution < -0.4 is 5.32 Å². The zero-order valence-corrected chi connectivity index (χ0v) is 11.5. The van der Waals surface area contributed by atoms with Gasteiger partial charge >= 0.3 is 0 Å². The Labute approximate surface area is 102 Å². The van der Waals surface area contributed by atoms with E-state index in [0.717, 1.165) is 18.4 Å². The van der Waals surface area contributed by atoms with Crippen molar-refractivity contribution in [2.45, 2.75) is 46.5 Å². The lowest BCUT2D eigenvalue weighted by Crippen LogP contribution is -2.30. The van der Waals surface area contributed by atoms with Crippen LogP contribution in [0.25, 0.3) is 0 Å².